The minimum absolute atomic E-state index is 0.174. The van der Waals surface area contributed by atoms with Gasteiger partial charge in [-0.05, 0) is 92.3 Å². The fraction of sp³-hybridized carbons (Fsp3) is 0.875. The maximum atomic E-state index is 6.17. The molecule has 0 aliphatic heterocycles. The first-order chi connectivity index (χ1) is 13.3. The van der Waals surface area contributed by atoms with E-state index >= 15 is 0 Å². The predicted octanol–water partition coefficient (Wildman–Crippen LogP) is 4.63. The fourth-order valence-corrected chi connectivity index (χ4v) is 7.60. The highest BCUT2D eigenvalue weighted by molar-refractivity contribution is 5.75. The van der Waals surface area contributed by atoms with E-state index in [-0.39, 0.29) is 5.96 Å². The van der Waals surface area contributed by atoms with Crippen molar-refractivity contribution in [1.29, 1.82) is 0 Å². The molecule has 3 unspecified atom stereocenters. The summed E-state index contributed by atoms with van der Waals surface area (Å²) in [4.78, 5) is 4.04. The summed E-state index contributed by atoms with van der Waals surface area (Å²) in [6.07, 6.45) is 14.7. The summed E-state index contributed by atoms with van der Waals surface area (Å²) in [5.41, 5.74) is 13.5. The Balaban J connectivity index is 1.41. The van der Waals surface area contributed by atoms with Gasteiger partial charge in [0.25, 0.3) is 0 Å². The summed E-state index contributed by atoms with van der Waals surface area (Å²) in [6, 6.07) is 0. The van der Waals surface area contributed by atoms with Gasteiger partial charge in [-0.2, -0.15) is 0 Å². The highest BCUT2D eigenvalue weighted by Crippen LogP contribution is 2.66. The Labute approximate surface area is 171 Å². The number of aliphatic imine (C=N–C) groups is 1. The molecule has 158 valence electrons. The van der Waals surface area contributed by atoms with E-state index in [1.807, 2.05) is 0 Å². The van der Waals surface area contributed by atoms with Crippen molar-refractivity contribution in [3.8, 4) is 0 Å². The number of guanidine groups is 1. The van der Waals surface area contributed by atoms with Gasteiger partial charge in [0.15, 0.2) is 5.96 Å². The van der Waals surface area contributed by atoms with Crippen LogP contribution in [-0.2, 0) is 4.74 Å². The van der Waals surface area contributed by atoms with E-state index in [2.05, 4.69) is 31.8 Å². The second-order valence-corrected chi connectivity index (χ2v) is 10.7. The Bertz CT molecular complexity index is 640. The Morgan fingerprint density at radius 3 is 2.71 bits per heavy atom. The molecule has 0 aromatic rings. The van der Waals surface area contributed by atoms with Gasteiger partial charge in [0.05, 0.1) is 6.10 Å². The third-order valence-electron chi connectivity index (χ3n) is 9.47. The van der Waals surface area contributed by atoms with Gasteiger partial charge in [-0.15, -0.1) is 0 Å². The Hall–Kier alpha value is -1.03. The van der Waals surface area contributed by atoms with E-state index < -0.39 is 0 Å². The summed E-state index contributed by atoms with van der Waals surface area (Å²) in [5, 5.41) is 0. The quantitative estimate of drug-likeness (QED) is 0.312. The van der Waals surface area contributed by atoms with Gasteiger partial charge in [-0.25, -0.2) is 0 Å². The molecular formula is C24H41N3O. The molecule has 0 bridgehead atoms. The molecule has 4 aliphatic carbocycles. The molecule has 3 saturated carbocycles. The molecule has 4 rings (SSSR count). The van der Waals surface area contributed by atoms with Crippen molar-refractivity contribution in [1.82, 2.24) is 0 Å². The van der Waals surface area contributed by atoms with Crippen LogP contribution in [0, 0.1) is 34.5 Å². The average Bonchev–Trinajstić information content (AvgIpc) is 2.96. The van der Waals surface area contributed by atoms with Crippen LogP contribution in [0.25, 0.3) is 0 Å². The zero-order chi connectivity index (χ0) is 19.9. The van der Waals surface area contributed by atoms with Crippen molar-refractivity contribution in [3.63, 3.8) is 0 Å². The van der Waals surface area contributed by atoms with Crippen LogP contribution in [0.5, 0.6) is 0 Å². The minimum Gasteiger partial charge on any atom is -0.374 e. The number of hydrogen-bond acceptors (Lipinski definition) is 2. The smallest absolute Gasteiger partial charge is 0.185 e. The molecule has 4 N–H and O–H groups in total. The van der Waals surface area contributed by atoms with Gasteiger partial charge >= 0.3 is 0 Å². The highest BCUT2D eigenvalue weighted by Gasteiger charge is 2.57. The van der Waals surface area contributed by atoms with Crippen LogP contribution in [0.1, 0.15) is 78.6 Å². The number of ether oxygens (including phenoxy) is 1. The van der Waals surface area contributed by atoms with Crippen LogP contribution in [0.2, 0.25) is 0 Å². The molecule has 0 amide bonds. The summed E-state index contributed by atoms with van der Waals surface area (Å²) < 4.78 is 6.17. The second-order valence-electron chi connectivity index (χ2n) is 10.7. The van der Waals surface area contributed by atoms with Crippen LogP contribution in [0.4, 0.5) is 0 Å². The van der Waals surface area contributed by atoms with Gasteiger partial charge in [0.1, 0.15) is 0 Å². The molecular weight excluding hydrogens is 346 g/mol. The highest BCUT2D eigenvalue weighted by atomic mass is 16.5. The van der Waals surface area contributed by atoms with Crippen LogP contribution in [0.15, 0.2) is 16.6 Å². The third-order valence-corrected chi connectivity index (χ3v) is 9.47. The normalized spacial score (nSPS) is 44.8. The van der Waals surface area contributed by atoms with Crippen molar-refractivity contribution in [2.75, 3.05) is 13.2 Å². The molecule has 0 aromatic heterocycles. The summed E-state index contributed by atoms with van der Waals surface area (Å²) >= 11 is 0. The maximum absolute atomic E-state index is 6.17. The first-order valence-corrected chi connectivity index (χ1v) is 11.7. The lowest BCUT2D eigenvalue weighted by Crippen LogP contribution is -2.50. The van der Waals surface area contributed by atoms with Gasteiger partial charge in [-0.1, -0.05) is 32.4 Å². The SMILES string of the molecule is C[C@H]1CCC2C3CCC4=C[C@@H](OCCCN=C(N)N)CC[C@]4(C)C3CC[C@@]21C. The number of rotatable bonds is 5. The molecule has 0 aromatic carbocycles. The van der Waals surface area contributed by atoms with Crippen LogP contribution < -0.4 is 11.5 Å². The molecule has 3 fully saturated rings. The number of fused-ring (bicyclic) bond motifs is 5. The van der Waals surface area contributed by atoms with Gasteiger partial charge in [0, 0.05) is 13.2 Å². The van der Waals surface area contributed by atoms with E-state index in [0.717, 1.165) is 36.7 Å². The molecule has 0 radical (unpaired) electrons. The zero-order valence-electron chi connectivity index (χ0n) is 18.3. The van der Waals surface area contributed by atoms with Crippen molar-refractivity contribution in [3.05, 3.63) is 11.6 Å². The first-order valence-electron chi connectivity index (χ1n) is 11.7. The van der Waals surface area contributed by atoms with Crippen LogP contribution in [-0.4, -0.2) is 25.2 Å². The lowest BCUT2D eigenvalue weighted by atomic mass is 9.47. The lowest BCUT2D eigenvalue weighted by Gasteiger charge is -2.58. The Kier molecular flexibility index (Phi) is 5.54. The fourth-order valence-electron chi connectivity index (χ4n) is 7.60. The van der Waals surface area contributed by atoms with Gasteiger partial charge < -0.3 is 16.2 Å². The molecule has 4 heteroatoms. The van der Waals surface area contributed by atoms with E-state index in [4.69, 9.17) is 16.2 Å². The topological polar surface area (TPSA) is 73.6 Å². The number of nitrogens with zero attached hydrogens (tertiary/aromatic N) is 1. The molecule has 0 heterocycles. The van der Waals surface area contributed by atoms with Crippen LogP contribution in [0.3, 0.4) is 0 Å². The molecule has 4 aliphatic rings. The molecule has 28 heavy (non-hydrogen) atoms. The van der Waals surface area contributed by atoms with Crippen molar-refractivity contribution < 1.29 is 4.74 Å². The number of allylic oxidation sites excluding steroid dienone is 1. The largest absolute Gasteiger partial charge is 0.374 e. The Morgan fingerprint density at radius 1 is 1.11 bits per heavy atom. The number of nitrogens with two attached hydrogens (primary N) is 2. The van der Waals surface area contributed by atoms with Crippen molar-refractivity contribution >= 4 is 5.96 Å². The standard InChI is InChI=1S/C24H41N3O/c1-16-5-8-20-19-7-6-17-15-18(28-14-4-13-27-22(25)26)9-11-24(17,3)21(19)10-12-23(16,20)2/h15-16,18-21H,4-14H2,1-3H3,(H4,25,26,27)/t16-,18-,19?,20?,21?,23+,24-/m0/s1. The monoisotopic (exact) mass is 387 g/mol. The van der Waals surface area contributed by atoms with Crippen LogP contribution >= 0.6 is 0 Å². The Morgan fingerprint density at radius 2 is 1.93 bits per heavy atom. The molecule has 4 nitrogen and oxygen atoms in total. The van der Waals surface area contributed by atoms with Gasteiger partial charge in [0.2, 0.25) is 0 Å². The zero-order valence-corrected chi connectivity index (χ0v) is 18.3. The number of hydrogen-bond donors (Lipinski definition) is 2. The molecule has 0 saturated heterocycles. The molecule has 0 spiro atoms. The van der Waals surface area contributed by atoms with Gasteiger partial charge in [-0.3, -0.25) is 4.99 Å². The summed E-state index contributed by atoms with van der Waals surface area (Å²) in [6.45, 7) is 9.13. The lowest BCUT2D eigenvalue weighted by molar-refractivity contribution is -0.0562. The molecule has 7 atom stereocenters. The summed E-state index contributed by atoms with van der Waals surface area (Å²) in [7, 11) is 0. The average molecular weight is 388 g/mol. The van der Waals surface area contributed by atoms with E-state index in [1.165, 1.54) is 51.4 Å². The van der Waals surface area contributed by atoms with E-state index in [0.29, 0.717) is 23.5 Å². The third kappa shape index (κ3) is 3.40. The second kappa shape index (κ2) is 7.66. The van der Waals surface area contributed by atoms with Crippen molar-refractivity contribution in [2.24, 2.45) is 51.0 Å². The first kappa shape index (κ1) is 20.3. The van der Waals surface area contributed by atoms with Crippen molar-refractivity contribution in [2.45, 2.75) is 84.7 Å². The summed E-state index contributed by atoms with van der Waals surface area (Å²) in [5.74, 6) is 3.93. The van der Waals surface area contributed by atoms with E-state index in [9.17, 15) is 0 Å². The predicted molar refractivity (Wildman–Crippen MR) is 116 cm³/mol. The minimum atomic E-state index is 0.174. The maximum Gasteiger partial charge on any atom is 0.185 e. The van der Waals surface area contributed by atoms with E-state index in [1.54, 1.807) is 5.57 Å².